The Morgan fingerprint density at radius 3 is 2.83 bits per heavy atom. The second-order valence-electron chi connectivity index (χ2n) is 2.26. The summed E-state index contributed by atoms with van der Waals surface area (Å²) in [5.74, 6) is -0.414. The van der Waals surface area contributed by atoms with E-state index in [1.165, 1.54) is 7.11 Å². The topological polar surface area (TPSA) is 26.3 Å². The molecule has 0 atom stereocenters. The van der Waals surface area contributed by atoms with Crippen molar-refractivity contribution in [1.82, 2.24) is 0 Å². The van der Waals surface area contributed by atoms with E-state index in [4.69, 9.17) is 11.6 Å². The Hall–Kier alpha value is -1.02. The molecule has 0 aromatic heterocycles. The molecule has 1 rings (SSSR count). The first-order chi connectivity index (χ1) is 5.66. The van der Waals surface area contributed by atoms with Crippen molar-refractivity contribution in [3.05, 3.63) is 41.3 Å². The summed E-state index contributed by atoms with van der Waals surface area (Å²) in [5, 5.41) is 0.470. The second kappa shape index (κ2) is 3.59. The monoisotopic (exact) mass is 183 g/mol. The number of esters is 1. The van der Waals surface area contributed by atoms with Gasteiger partial charge in [0.2, 0.25) is 0 Å². The van der Waals surface area contributed by atoms with Crippen LogP contribution in [0.25, 0.3) is 0 Å². The molecule has 0 N–H and O–H groups in total. The average molecular weight is 184 g/mol. The number of benzene rings is 1. The van der Waals surface area contributed by atoms with Crippen molar-refractivity contribution < 1.29 is 9.53 Å². The molecule has 0 spiro atoms. The normalized spacial score (nSPS) is 9.58. The van der Waals surface area contributed by atoms with Gasteiger partial charge in [0, 0.05) is 5.02 Å². The van der Waals surface area contributed by atoms with Crippen molar-refractivity contribution in [3.63, 3.8) is 0 Å². The van der Waals surface area contributed by atoms with Crippen LogP contribution in [0.1, 0.15) is 15.9 Å². The summed E-state index contributed by atoms with van der Waals surface area (Å²) < 4.78 is 4.53. The molecule has 1 aromatic carbocycles. The van der Waals surface area contributed by atoms with Crippen LogP contribution in [0.5, 0.6) is 0 Å². The van der Waals surface area contributed by atoms with E-state index in [0.717, 1.165) is 0 Å². The second-order valence-corrected chi connectivity index (χ2v) is 2.66. The molecule has 1 radical (unpaired) electrons. The molecule has 0 aliphatic carbocycles. The van der Waals surface area contributed by atoms with Gasteiger partial charge in [0.25, 0.3) is 0 Å². The van der Waals surface area contributed by atoms with E-state index in [1.54, 1.807) is 18.2 Å². The summed E-state index contributed by atoms with van der Waals surface area (Å²) in [5.41, 5.74) is 0.913. The lowest BCUT2D eigenvalue weighted by atomic mass is 10.1. The number of ether oxygens (including phenoxy) is 1. The third kappa shape index (κ3) is 1.59. The summed E-state index contributed by atoms with van der Waals surface area (Å²) >= 11 is 5.74. The Labute approximate surface area is 76.1 Å². The van der Waals surface area contributed by atoms with Crippen LogP contribution in [0.3, 0.4) is 0 Å². The first kappa shape index (κ1) is 9.07. The van der Waals surface area contributed by atoms with Crippen molar-refractivity contribution in [2.24, 2.45) is 0 Å². The number of hydrogen-bond donors (Lipinski definition) is 0. The van der Waals surface area contributed by atoms with Crippen LogP contribution in [-0.2, 0) is 4.74 Å². The minimum Gasteiger partial charge on any atom is -0.465 e. The molecule has 3 heteroatoms. The van der Waals surface area contributed by atoms with Crippen LogP contribution in [0, 0.1) is 6.92 Å². The van der Waals surface area contributed by atoms with E-state index in [2.05, 4.69) is 11.7 Å². The Kier molecular flexibility index (Phi) is 2.71. The van der Waals surface area contributed by atoms with Crippen molar-refractivity contribution in [1.29, 1.82) is 0 Å². The van der Waals surface area contributed by atoms with E-state index in [0.29, 0.717) is 16.1 Å². The summed E-state index contributed by atoms with van der Waals surface area (Å²) in [6, 6.07) is 4.99. The van der Waals surface area contributed by atoms with Gasteiger partial charge < -0.3 is 4.74 Å². The molecule has 0 aliphatic rings. The van der Waals surface area contributed by atoms with Gasteiger partial charge in [0.05, 0.1) is 12.7 Å². The highest BCUT2D eigenvalue weighted by atomic mass is 35.5. The van der Waals surface area contributed by atoms with Crippen LogP contribution < -0.4 is 0 Å². The predicted octanol–water partition coefficient (Wildman–Crippen LogP) is 2.31. The molecule has 0 fully saturated rings. The lowest BCUT2D eigenvalue weighted by Crippen LogP contribution is -2.03. The number of methoxy groups -OCH3 is 1. The first-order valence-electron chi connectivity index (χ1n) is 3.35. The number of hydrogen-bond acceptors (Lipinski definition) is 2. The number of halogens is 1. The minimum atomic E-state index is -0.414. The quantitative estimate of drug-likeness (QED) is 0.625. The van der Waals surface area contributed by atoms with Gasteiger partial charge in [0.15, 0.2) is 0 Å². The van der Waals surface area contributed by atoms with Gasteiger partial charge in [-0.3, -0.25) is 0 Å². The molecule has 0 saturated carbocycles. The largest absolute Gasteiger partial charge is 0.465 e. The summed E-state index contributed by atoms with van der Waals surface area (Å²) in [6.45, 7) is 3.66. The molecule has 1 aromatic rings. The maximum absolute atomic E-state index is 11.1. The maximum atomic E-state index is 11.1. The van der Waals surface area contributed by atoms with Gasteiger partial charge in [0.1, 0.15) is 0 Å². The van der Waals surface area contributed by atoms with E-state index in [1.807, 2.05) is 0 Å². The highest BCUT2D eigenvalue weighted by Crippen LogP contribution is 2.18. The van der Waals surface area contributed by atoms with Crippen LogP contribution in [0.2, 0.25) is 5.02 Å². The molecule has 0 bridgehead atoms. The number of carbonyl (C=O) groups excluding carboxylic acids is 1. The molecular weight excluding hydrogens is 176 g/mol. The maximum Gasteiger partial charge on any atom is 0.338 e. The number of rotatable bonds is 1. The van der Waals surface area contributed by atoms with Crippen molar-refractivity contribution in [2.45, 2.75) is 0 Å². The van der Waals surface area contributed by atoms with E-state index in [9.17, 15) is 4.79 Å². The third-order valence-corrected chi connectivity index (χ3v) is 1.88. The van der Waals surface area contributed by atoms with Crippen LogP contribution in [0.15, 0.2) is 18.2 Å². The van der Waals surface area contributed by atoms with Gasteiger partial charge in [-0.15, -0.1) is 0 Å². The standard InChI is InChI=1S/C9H8ClO2/c1-6-7(9(11)12-2)4-3-5-8(6)10/h3-5H,1H2,2H3. The van der Waals surface area contributed by atoms with Gasteiger partial charge in [-0.05, 0) is 24.6 Å². The molecule has 63 valence electrons. The minimum absolute atomic E-state index is 0.407. The Morgan fingerprint density at radius 1 is 1.58 bits per heavy atom. The predicted molar refractivity (Wildman–Crippen MR) is 47.3 cm³/mol. The van der Waals surface area contributed by atoms with Gasteiger partial charge in [-0.2, -0.15) is 0 Å². The fourth-order valence-corrected chi connectivity index (χ4v) is 1.03. The average Bonchev–Trinajstić information content (AvgIpc) is 2.08. The molecule has 0 aliphatic heterocycles. The van der Waals surface area contributed by atoms with E-state index < -0.39 is 5.97 Å². The zero-order valence-corrected chi connectivity index (χ0v) is 7.39. The Balaban J connectivity index is 3.16. The van der Waals surface area contributed by atoms with Gasteiger partial charge in [-0.1, -0.05) is 17.7 Å². The first-order valence-corrected chi connectivity index (χ1v) is 3.73. The fraction of sp³-hybridized carbons (Fsp3) is 0.111. The van der Waals surface area contributed by atoms with Crippen molar-refractivity contribution in [2.75, 3.05) is 7.11 Å². The smallest absolute Gasteiger partial charge is 0.338 e. The Morgan fingerprint density at radius 2 is 2.25 bits per heavy atom. The highest BCUT2D eigenvalue weighted by molar-refractivity contribution is 6.32. The van der Waals surface area contributed by atoms with Crippen LogP contribution >= 0.6 is 11.6 Å². The summed E-state index contributed by atoms with van der Waals surface area (Å²) in [4.78, 5) is 11.1. The zero-order chi connectivity index (χ0) is 9.14. The van der Waals surface area contributed by atoms with Gasteiger partial charge in [-0.25, -0.2) is 4.79 Å². The number of carbonyl (C=O) groups is 1. The lowest BCUT2D eigenvalue weighted by Gasteiger charge is -2.03. The zero-order valence-electron chi connectivity index (χ0n) is 6.63. The summed E-state index contributed by atoms with van der Waals surface area (Å²) in [7, 11) is 1.32. The fourth-order valence-electron chi connectivity index (χ4n) is 0.860. The molecule has 2 nitrogen and oxygen atoms in total. The molecule has 0 heterocycles. The van der Waals surface area contributed by atoms with Crippen LogP contribution in [-0.4, -0.2) is 13.1 Å². The van der Waals surface area contributed by atoms with Gasteiger partial charge >= 0.3 is 5.97 Å². The molecular formula is C9H8ClO2. The van der Waals surface area contributed by atoms with Crippen molar-refractivity contribution in [3.8, 4) is 0 Å². The lowest BCUT2D eigenvalue weighted by molar-refractivity contribution is 0.0600. The molecule has 0 amide bonds. The van der Waals surface area contributed by atoms with E-state index in [-0.39, 0.29) is 0 Å². The molecule has 0 unspecified atom stereocenters. The molecule has 12 heavy (non-hydrogen) atoms. The van der Waals surface area contributed by atoms with E-state index >= 15 is 0 Å². The third-order valence-electron chi connectivity index (χ3n) is 1.52. The van der Waals surface area contributed by atoms with Crippen molar-refractivity contribution >= 4 is 17.6 Å². The Bertz CT molecular complexity index is 307. The van der Waals surface area contributed by atoms with Crippen LogP contribution in [0.4, 0.5) is 0 Å². The summed E-state index contributed by atoms with van der Waals surface area (Å²) in [6.07, 6.45) is 0. The SMILES string of the molecule is [CH2]c1c(Cl)cccc1C(=O)OC. The molecule has 0 saturated heterocycles. The highest BCUT2D eigenvalue weighted by Gasteiger charge is 2.09.